The van der Waals surface area contributed by atoms with Crippen LogP contribution in [0.15, 0.2) is 17.5 Å². The summed E-state index contributed by atoms with van der Waals surface area (Å²) in [5.74, 6) is 0.983. The Balaban J connectivity index is 1.72. The number of nitrogens with zero attached hydrogens (tertiary/aromatic N) is 1. The van der Waals surface area contributed by atoms with Gasteiger partial charge in [0.2, 0.25) is 5.91 Å². The van der Waals surface area contributed by atoms with Crippen molar-refractivity contribution in [2.45, 2.75) is 31.8 Å². The van der Waals surface area contributed by atoms with Gasteiger partial charge in [-0.25, -0.2) is 0 Å². The second kappa shape index (κ2) is 4.78. The van der Waals surface area contributed by atoms with Gasteiger partial charge in [0.1, 0.15) is 6.17 Å². The molecule has 0 spiro atoms. The topological polar surface area (TPSA) is 32.3 Å². The van der Waals surface area contributed by atoms with Crippen molar-refractivity contribution in [3.63, 3.8) is 0 Å². The van der Waals surface area contributed by atoms with E-state index in [1.807, 2.05) is 4.90 Å². The van der Waals surface area contributed by atoms with Crippen molar-refractivity contribution in [3.05, 3.63) is 22.4 Å². The maximum atomic E-state index is 11.9. The van der Waals surface area contributed by atoms with E-state index in [0.29, 0.717) is 6.54 Å². The Bertz CT molecular complexity index is 384. The Labute approximate surface area is 106 Å². The zero-order valence-electron chi connectivity index (χ0n) is 9.89. The molecule has 0 aromatic carbocycles. The molecule has 1 amide bonds. The molecule has 2 fully saturated rings. The van der Waals surface area contributed by atoms with Crippen LogP contribution in [-0.4, -0.2) is 23.9 Å². The van der Waals surface area contributed by atoms with E-state index in [9.17, 15) is 4.79 Å². The third-order valence-electron chi connectivity index (χ3n) is 3.82. The van der Waals surface area contributed by atoms with Crippen LogP contribution < -0.4 is 5.32 Å². The molecule has 1 unspecified atom stereocenters. The number of carbonyl (C=O) groups excluding carboxylic acids is 1. The molecule has 0 bridgehead atoms. The number of carbonyl (C=O) groups is 1. The van der Waals surface area contributed by atoms with Crippen LogP contribution in [0.2, 0.25) is 0 Å². The summed E-state index contributed by atoms with van der Waals surface area (Å²) in [5, 5.41) is 5.40. The maximum Gasteiger partial charge on any atom is 0.238 e. The van der Waals surface area contributed by atoms with Crippen LogP contribution >= 0.6 is 11.3 Å². The van der Waals surface area contributed by atoms with E-state index in [2.05, 4.69) is 22.8 Å². The largest absolute Gasteiger partial charge is 0.321 e. The number of amides is 1. The van der Waals surface area contributed by atoms with Gasteiger partial charge in [-0.05, 0) is 30.2 Å². The molecule has 1 saturated carbocycles. The van der Waals surface area contributed by atoms with Crippen molar-refractivity contribution in [1.82, 2.24) is 10.2 Å². The first-order valence-corrected chi connectivity index (χ1v) is 7.29. The van der Waals surface area contributed by atoms with Gasteiger partial charge in [0, 0.05) is 11.4 Å². The Morgan fingerprint density at radius 1 is 1.41 bits per heavy atom. The highest BCUT2D eigenvalue weighted by Gasteiger charge is 2.34. The quantitative estimate of drug-likeness (QED) is 0.893. The highest BCUT2D eigenvalue weighted by molar-refractivity contribution is 7.10. The summed E-state index contributed by atoms with van der Waals surface area (Å²) in [6, 6.07) is 4.17. The number of thiophene rings is 1. The Kier molecular flexibility index (Phi) is 3.16. The molecule has 1 aromatic rings. The molecule has 0 radical (unpaired) electrons. The summed E-state index contributed by atoms with van der Waals surface area (Å²) in [6.07, 6.45) is 5.39. The van der Waals surface area contributed by atoms with E-state index in [4.69, 9.17) is 0 Å². The van der Waals surface area contributed by atoms with E-state index in [0.717, 1.165) is 12.5 Å². The van der Waals surface area contributed by atoms with Crippen LogP contribution in [0.5, 0.6) is 0 Å². The predicted octanol–water partition coefficient (Wildman–Crippen LogP) is 2.37. The van der Waals surface area contributed by atoms with E-state index in [1.165, 1.54) is 30.6 Å². The molecule has 2 aliphatic rings. The number of nitrogens with one attached hydrogen (secondary N) is 1. The lowest BCUT2D eigenvalue weighted by Gasteiger charge is -2.26. The Morgan fingerprint density at radius 2 is 2.24 bits per heavy atom. The first-order valence-electron chi connectivity index (χ1n) is 6.41. The van der Waals surface area contributed by atoms with Crippen molar-refractivity contribution in [1.29, 1.82) is 0 Å². The number of hydrogen-bond donors (Lipinski definition) is 1. The first kappa shape index (κ1) is 11.2. The van der Waals surface area contributed by atoms with Gasteiger partial charge in [-0.15, -0.1) is 11.3 Å². The Hall–Kier alpha value is -0.870. The normalized spacial score (nSPS) is 26.0. The molecule has 1 saturated heterocycles. The molecular formula is C13H18N2OS. The fourth-order valence-corrected chi connectivity index (χ4v) is 3.73. The van der Waals surface area contributed by atoms with Crippen molar-refractivity contribution in [2.24, 2.45) is 5.92 Å². The third kappa shape index (κ3) is 2.24. The van der Waals surface area contributed by atoms with Gasteiger partial charge in [-0.1, -0.05) is 18.9 Å². The van der Waals surface area contributed by atoms with Gasteiger partial charge in [0.15, 0.2) is 0 Å². The van der Waals surface area contributed by atoms with Crippen LogP contribution in [0.1, 0.15) is 36.7 Å². The number of hydrogen-bond acceptors (Lipinski definition) is 3. The van der Waals surface area contributed by atoms with Gasteiger partial charge >= 0.3 is 0 Å². The summed E-state index contributed by atoms with van der Waals surface area (Å²) >= 11 is 1.73. The molecule has 3 rings (SSSR count). The van der Waals surface area contributed by atoms with E-state index < -0.39 is 0 Å². The van der Waals surface area contributed by atoms with Crippen molar-refractivity contribution in [3.8, 4) is 0 Å². The average Bonchev–Trinajstić information content (AvgIpc) is 3.03. The molecule has 17 heavy (non-hydrogen) atoms. The maximum absolute atomic E-state index is 11.9. The smallest absolute Gasteiger partial charge is 0.238 e. The van der Waals surface area contributed by atoms with Gasteiger partial charge in [-0.3, -0.25) is 10.1 Å². The molecular weight excluding hydrogens is 232 g/mol. The van der Waals surface area contributed by atoms with E-state index in [1.54, 1.807) is 11.3 Å². The minimum atomic E-state index is 0.128. The zero-order chi connectivity index (χ0) is 11.7. The second-order valence-corrected chi connectivity index (χ2v) is 5.97. The molecule has 1 aliphatic carbocycles. The second-order valence-electron chi connectivity index (χ2n) is 5.00. The third-order valence-corrected chi connectivity index (χ3v) is 4.75. The molecule has 1 aliphatic heterocycles. The zero-order valence-corrected chi connectivity index (χ0v) is 10.7. The summed E-state index contributed by atoms with van der Waals surface area (Å²) in [6.45, 7) is 1.43. The van der Waals surface area contributed by atoms with E-state index in [-0.39, 0.29) is 12.1 Å². The van der Waals surface area contributed by atoms with Crippen LogP contribution in [0.3, 0.4) is 0 Å². The molecule has 4 heteroatoms. The minimum absolute atomic E-state index is 0.128. The summed E-state index contributed by atoms with van der Waals surface area (Å²) in [4.78, 5) is 15.2. The summed E-state index contributed by atoms with van der Waals surface area (Å²) < 4.78 is 0. The lowest BCUT2D eigenvalue weighted by atomic mass is 10.1. The van der Waals surface area contributed by atoms with Gasteiger partial charge in [0.25, 0.3) is 0 Å². The van der Waals surface area contributed by atoms with Crippen LogP contribution in [0.25, 0.3) is 0 Å². The Morgan fingerprint density at radius 3 is 2.94 bits per heavy atom. The number of rotatable bonds is 3. The molecule has 92 valence electrons. The van der Waals surface area contributed by atoms with Crippen molar-refractivity contribution >= 4 is 17.2 Å². The van der Waals surface area contributed by atoms with Crippen LogP contribution in [0.4, 0.5) is 0 Å². The predicted molar refractivity (Wildman–Crippen MR) is 68.7 cm³/mol. The summed E-state index contributed by atoms with van der Waals surface area (Å²) in [7, 11) is 0. The molecule has 2 heterocycles. The lowest BCUT2D eigenvalue weighted by Crippen LogP contribution is -2.33. The fourth-order valence-electron chi connectivity index (χ4n) is 2.92. The van der Waals surface area contributed by atoms with Gasteiger partial charge in [0.05, 0.1) is 6.54 Å². The molecule has 1 N–H and O–H groups in total. The van der Waals surface area contributed by atoms with Crippen molar-refractivity contribution in [2.75, 3.05) is 13.1 Å². The standard InChI is InChI=1S/C13H18N2OS/c16-12-8-14-13(11-6-3-7-17-11)15(12)9-10-4-1-2-5-10/h3,6-7,10,13-14H,1-2,4-5,8-9H2. The van der Waals surface area contributed by atoms with Gasteiger partial charge in [-0.2, -0.15) is 0 Å². The monoisotopic (exact) mass is 250 g/mol. The highest BCUT2D eigenvalue weighted by Crippen LogP contribution is 2.31. The highest BCUT2D eigenvalue weighted by atomic mass is 32.1. The SMILES string of the molecule is O=C1CNC(c2cccs2)N1CC1CCCC1. The lowest BCUT2D eigenvalue weighted by molar-refractivity contribution is -0.128. The van der Waals surface area contributed by atoms with Crippen molar-refractivity contribution < 1.29 is 4.79 Å². The van der Waals surface area contributed by atoms with Crippen LogP contribution in [-0.2, 0) is 4.79 Å². The minimum Gasteiger partial charge on any atom is -0.321 e. The fraction of sp³-hybridized carbons (Fsp3) is 0.615. The van der Waals surface area contributed by atoms with E-state index >= 15 is 0 Å². The molecule has 1 aromatic heterocycles. The average molecular weight is 250 g/mol. The van der Waals surface area contributed by atoms with Crippen LogP contribution in [0, 0.1) is 5.92 Å². The molecule has 3 nitrogen and oxygen atoms in total. The summed E-state index contributed by atoms with van der Waals surface area (Å²) in [5.41, 5.74) is 0. The first-order chi connectivity index (χ1) is 8.34. The van der Waals surface area contributed by atoms with Gasteiger partial charge < -0.3 is 4.90 Å². The molecule has 1 atom stereocenters.